The molecule has 0 aliphatic carbocycles. The highest BCUT2D eigenvalue weighted by Gasteiger charge is 2.61. The molecule has 3 heterocycles. The number of ether oxygens (including phenoxy) is 1. The van der Waals surface area contributed by atoms with Crippen molar-refractivity contribution in [3.63, 3.8) is 0 Å². The second kappa shape index (κ2) is 8.12. The van der Waals surface area contributed by atoms with Crippen LogP contribution < -0.4 is 0 Å². The molecule has 2 aliphatic heterocycles. The Bertz CT molecular complexity index is 1520. The Morgan fingerprint density at radius 2 is 1.64 bits per heavy atom. The number of rotatable bonds is 6. The van der Waals surface area contributed by atoms with Crippen LogP contribution in [-0.2, 0) is 15.9 Å². The number of aromatic hydroxyl groups is 2. The first-order valence-corrected chi connectivity index (χ1v) is 12.4. The van der Waals surface area contributed by atoms with Gasteiger partial charge in [0.25, 0.3) is 0 Å². The standard InChI is InChI=1S/C30H28N2O4/c1-29-17-18-30(36-29,16-8-13-24(33)19-9-4-3-5-10-19)26-25(29)27(34)32(28(26)35)23-15-14-22(31-2)20-11-6-7-12-21(20)23/h3-7,9-12,14-15,24,33-35H,8,13,16-18H2,1H3. The topological polar surface area (TPSA) is 79.2 Å². The number of nitrogens with zero attached hydrogens (tertiary/aromatic N) is 2. The third-order valence-electron chi connectivity index (χ3n) is 8.01. The molecule has 182 valence electrons. The average molecular weight is 481 g/mol. The van der Waals surface area contributed by atoms with Gasteiger partial charge in [-0.05, 0) is 61.4 Å². The van der Waals surface area contributed by atoms with Gasteiger partial charge in [-0.1, -0.05) is 60.7 Å². The Hall–Kier alpha value is -3.79. The van der Waals surface area contributed by atoms with Gasteiger partial charge in [0.1, 0.15) is 5.60 Å². The van der Waals surface area contributed by atoms with Gasteiger partial charge in [-0.3, -0.25) is 4.57 Å². The fourth-order valence-corrected chi connectivity index (χ4v) is 6.32. The maximum atomic E-state index is 11.6. The summed E-state index contributed by atoms with van der Waals surface area (Å²) >= 11 is 0. The lowest BCUT2D eigenvalue weighted by molar-refractivity contribution is -0.0852. The zero-order valence-electron chi connectivity index (χ0n) is 20.1. The van der Waals surface area contributed by atoms with E-state index < -0.39 is 17.3 Å². The lowest BCUT2D eigenvalue weighted by Gasteiger charge is -2.27. The minimum absolute atomic E-state index is 0.0170. The van der Waals surface area contributed by atoms with Gasteiger partial charge in [0.05, 0.1) is 35.1 Å². The Morgan fingerprint density at radius 1 is 0.944 bits per heavy atom. The number of aromatic nitrogens is 1. The predicted molar refractivity (Wildman–Crippen MR) is 137 cm³/mol. The molecule has 1 fully saturated rings. The minimum Gasteiger partial charge on any atom is -0.494 e. The smallest absolute Gasteiger partial charge is 0.205 e. The van der Waals surface area contributed by atoms with Crippen LogP contribution in [0.4, 0.5) is 5.69 Å². The van der Waals surface area contributed by atoms with Crippen molar-refractivity contribution in [2.24, 2.45) is 0 Å². The van der Waals surface area contributed by atoms with E-state index in [2.05, 4.69) is 4.85 Å². The number of fused-ring (bicyclic) bond motifs is 6. The highest BCUT2D eigenvalue weighted by molar-refractivity contribution is 6.00. The van der Waals surface area contributed by atoms with E-state index >= 15 is 0 Å². The first-order chi connectivity index (χ1) is 17.4. The van der Waals surface area contributed by atoms with E-state index in [0.29, 0.717) is 41.8 Å². The summed E-state index contributed by atoms with van der Waals surface area (Å²) in [5, 5.41) is 35.2. The van der Waals surface area contributed by atoms with Crippen molar-refractivity contribution < 1.29 is 20.1 Å². The Kier molecular flexibility index (Phi) is 5.11. The minimum atomic E-state index is -0.709. The number of aliphatic hydroxyl groups excluding tert-OH is 1. The van der Waals surface area contributed by atoms with Gasteiger partial charge in [0.15, 0.2) is 5.69 Å². The van der Waals surface area contributed by atoms with Crippen LogP contribution in [0.1, 0.15) is 61.8 Å². The summed E-state index contributed by atoms with van der Waals surface area (Å²) < 4.78 is 8.07. The molecule has 6 rings (SSSR count). The monoisotopic (exact) mass is 480 g/mol. The number of hydrogen-bond acceptors (Lipinski definition) is 4. The van der Waals surface area contributed by atoms with Gasteiger partial charge in [-0.2, -0.15) is 0 Å². The molecule has 2 bridgehead atoms. The molecule has 6 nitrogen and oxygen atoms in total. The SMILES string of the molecule is [C-]#[N+]c1ccc(-n2c(O)c3c(c2O)C2(CCCC(O)c4ccccc4)CCC3(C)O2)c2ccccc12. The maximum absolute atomic E-state index is 11.6. The van der Waals surface area contributed by atoms with Crippen molar-refractivity contribution in [3.05, 3.63) is 94.8 Å². The van der Waals surface area contributed by atoms with E-state index in [1.54, 1.807) is 12.1 Å². The summed E-state index contributed by atoms with van der Waals surface area (Å²) in [4.78, 5) is 3.63. The summed E-state index contributed by atoms with van der Waals surface area (Å²) in [5.74, 6) is -0.0353. The van der Waals surface area contributed by atoms with Crippen LogP contribution in [0, 0.1) is 6.57 Å². The molecule has 4 aromatic rings. The zero-order valence-corrected chi connectivity index (χ0v) is 20.1. The molecule has 3 atom stereocenters. The number of aliphatic hydroxyl groups is 1. The Labute approximate surface area is 209 Å². The van der Waals surface area contributed by atoms with Crippen LogP contribution in [0.25, 0.3) is 21.3 Å². The summed E-state index contributed by atoms with van der Waals surface area (Å²) in [6.45, 7) is 9.48. The molecule has 3 aromatic carbocycles. The first-order valence-electron chi connectivity index (χ1n) is 12.4. The molecule has 1 saturated heterocycles. The van der Waals surface area contributed by atoms with E-state index in [1.807, 2.05) is 61.5 Å². The highest BCUT2D eigenvalue weighted by Crippen LogP contribution is 2.66. The van der Waals surface area contributed by atoms with Crippen molar-refractivity contribution in [2.45, 2.75) is 56.3 Å². The van der Waals surface area contributed by atoms with Gasteiger partial charge in [0, 0.05) is 0 Å². The molecule has 2 aliphatic rings. The molecule has 0 amide bonds. The quantitative estimate of drug-likeness (QED) is 0.267. The van der Waals surface area contributed by atoms with Crippen molar-refractivity contribution in [2.75, 3.05) is 0 Å². The zero-order chi connectivity index (χ0) is 25.1. The van der Waals surface area contributed by atoms with Crippen molar-refractivity contribution >= 4 is 16.5 Å². The molecular weight excluding hydrogens is 452 g/mol. The van der Waals surface area contributed by atoms with Crippen LogP contribution in [-0.4, -0.2) is 19.9 Å². The summed E-state index contributed by atoms with van der Waals surface area (Å²) in [6, 6.07) is 20.7. The molecular formula is C30H28N2O4. The molecule has 0 spiro atoms. The molecule has 3 N–H and O–H groups in total. The molecule has 1 aromatic heterocycles. The predicted octanol–water partition coefficient (Wildman–Crippen LogP) is 6.73. The van der Waals surface area contributed by atoms with Gasteiger partial charge >= 0.3 is 0 Å². The van der Waals surface area contributed by atoms with Crippen molar-refractivity contribution in [1.29, 1.82) is 0 Å². The molecule has 3 unspecified atom stereocenters. The van der Waals surface area contributed by atoms with Crippen LogP contribution in [0.15, 0.2) is 66.7 Å². The van der Waals surface area contributed by atoms with Crippen molar-refractivity contribution in [1.82, 2.24) is 4.57 Å². The van der Waals surface area contributed by atoms with Gasteiger partial charge in [-0.15, -0.1) is 0 Å². The van der Waals surface area contributed by atoms with Crippen molar-refractivity contribution in [3.8, 4) is 17.4 Å². The maximum Gasteiger partial charge on any atom is 0.205 e. The lowest BCUT2D eigenvalue weighted by atomic mass is 9.77. The third kappa shape index (κ3) is 3.17. The van der Waals surface area contributed by atoms with Crippen LogP contribution in [0.3, 0.4) is 0 Å². The average Bonchev–Trinajstić information content (AvgIpc) is 3.48. The number of benzene rings is 3. The summed E-state index contributed by atoms with van der Waals surface area (Å²) in [5.41, 5.74) is 1.94. The summed E-state index contributed by atoms with van der Waals surface area (Å²) in [6.07, 6.45) is 2.85. The third-order valence-corrected chi connectivity index (χ3v) is 8.01. The molecule has 0 radical (unpaired) electrons. The van der Waals surface area contributed by atoms with E-state index in [0.717, 1.165) is 29.2 Å². The first kappa shape index (κ1) is 22.7. The van der Waals surface area contributed by atoms with Crippen LogP contribution in [0.2, 0.25) is 0 Å². The molecule has 36 heavy (non-hydrogen) atoms. The van der Waals surface area contributed by atoms with Gasteiger partial charge in [0.2, 0.25) is 11.8 Å². The number of hydrogen-bond donors (Lipinski definition) is 3. The van der Waals surface area contributed by atoms with Gasteiger partial charge < -0.3 is 20.1 Å². The largest absolute Gasteiger partial charge is 0.494 e. The fourth-order valence-electron chi connectivity index (χ4n) is 6.32. The second-order valence-corrected chi connectivity index (χ2v) is 10.1. The highest BCUT2D eigenvalue weighted by atomic mass is 16.5. The van der Waals surface area contributed by atoms with E-state index in [1.165, 1.54) is 4.57 Å². The van der Waals surface area contributed by atoms with E-state index in [-0.39, 0.29) is 11.8 Å². The second-order valence-electron chi connectivity index (χ2n) is 10.1. The molecule has 0 saturated carbocycles. The Morgan fingerprint density at radius 3 is 2.39 bits per heavy atom. The van der Waals surface area contributed by atoms with E-state index in [9.17, 15) is 15.3 Å². The normalized spacial score (nSPS) is 23.0. The van der Waals surface area contributed by atoms with E-state index in [4.69, 9.17) is 11.3 Å². The van der Waals surface area contributed by atoms with Crippen LogP contribution >= 0.6 is 0 Å². The Balaban J connectivity index is 1.39. The summed E-state index contributed by atoms with van der Waals surface area (Å²) in [7, 11) is 0. The molecule has 6 heteroatoms. The van der Waals surface area contributed by atoms with Crippen LogP contribution in [0.5, 0.6) is 11.8 Å². The fraction of sp³-hybridized carbons (Fsp3) is 0.300. The van der Waals surface area contributed by atoms with Gasteiger partial charge in [-0.25, -0.2) is 4.85 Å². The lowest BCUT2D eigenvalue weighted by Crippen LogP contribution is -2.23.